The molecule has 5 nitrogen and oxygen atoms in total. The Hall–Kier alpha value is -3.20. The molecule has 3 aromatic rings. The topological polar surface area (TPSA) is 63.2 Å². The number of hydrogen-bond donors (Lipinski definition) is 0. The highest BCUT2D eigenvalue weighted by Crippen LogP contribution is 2.38. The molecule has 1 aromatic heterocycles. The van der Waals surface area contributed by atoms with Crippen LogP contribution in [0.2, 0.25) is 0 Å². The second-order valence-corrected chi connectivity index (χ2v) is 9.90. The first-order chi connectivity index (χ1) is 16.7. The molecule has 0 radical (unpaired) electrons. The number of aryl methyl sites for hydroxylation is 2. The highest BCUT2D eigenvalue weighted by atomic mass is 32.2. The molecule has 1 aliphatic carbocycles. The van der Waals surface area contributed by atoms with Gasteiger partial charge in [-0.1, -0.05) is 42.1 Å². The van der Waals surface area contributed by atoms with Crippen LogP contribution in [-0.2, 0) is 28.6 Å². The third kappa shape index (κ3) is 4.57. The molecule has 1 saturated heterocycles. The Morgan fingerprint density at radius 3 is 2.54 bits per heavy atom. The number of halogens is 3. The summed E-state index contributed by atoms with van der Waals surface area (Å²) in [6.07, 6.45) is -0.917. The van der Waals surface area contributed by atoms with Crippen molar-refractivity contribution < 1.29 is 22.8 Å². The first-order valence-corrected chi connectivity index (χ1v) is 12.3. The molecule has 5 rings (SSSR count). The van der Waals surface area contributed by atoms with Crippen LogP contribution in [0.3, 0.4) is 0 Å². The summed E-state index contributed by atoms with van der Waals surface area (Å²) in [5.41, 5.74) is 4.03. The SMILES string of the molecule is Cc1ccccc1-c1nc(SC2CC(=O)N(c3cccc(C(F)(F)F)c3)C2=O)nc2c1CCCC2. The van der Waals surface area contributed by atoms with Gasteiger partial charge in [-0.15, -0.1) is 0 Å². The van der Waals surface area contributed by atoms with E-state index in [1.165, 1.54) is 12.1 Å². The minimum atomic E-state index is -4.57. The second-order valence-electron chi connectivity index (χ2n) is 8.73. The van der Waals surface area contributed by atoms with Gasteiger partial charge in [-0.3, -0.25) is 9.59 Å². The molecule has 1 atom stereocenters. The summed E-state index contributed by atoms with van der Waals surface area (Å²) in [5, 5.41) is -0.399. The first-order valence-electron chi connectivity index (χ1n) is 11.4. The van der Waals surface area contributed by atoms with Gasteiger partial charge in [-0.05, 0) is 56.4 Å². The van der Waals surface area contributed by atoms with Crippen molar-refractivity contribution in [3.05, 3.63) is 70.9 Å². The van der Waals surface area contributed by atoms with Gasteiger partial charge in [0.25, 0.3) is 0 Å². The molecule has 2 aliphatic rings. The maximum Gasteiger partial charge on any atom is 0.416 e. The molecule has 35 heavy (non-hydrogen) atoms. The molecule has 1 aliphatic heterocycles. The number of rotatable bonds is 4. The van der Waals surface area contributed by atoms with Crippen molar-refractivity contribution in [2.75, 3.05) is 4.90 Å². The minimum absolute atomic E-state index is 0.0788. The van der Waals surface area contributed by atoms with E-state index in [1.807, 2.05) is 31.2 Å². The summed E-state index contributed by atoms with van der Waals surface area (Å²) in [5.74, 6) is -1.10. The Morgan fingerprint density at radius 2 is 1.77 bits per heavy atom. The zero-order chi connectivity index (χ0) is 24.7. The number of imide groups is 1. The standard InChI is InChI=1S/C26H22F3N3O2S/c1-15-7-2-3-10-18(15)23-19-11-4-5-12-20(19)30-25(31-23)35-21-14-22(33)32(24(21)34)17-9-6-8-16(13-17)26(27,28)29/h2-3,6-10,13,21H,4-5,11-12,14H2,1H3. The van der Waals surface area contributed by atoms with Gasteiger partial charge in [0.05, 0.1) is 16.9 Å². The van der Waals surface area contributed by atoms with Crippen LogP contribution >= 0.6 is 11.8 Å². The Morgan fingerprint density at radius 1 is 1.00 bits per heavy atom. The highest BCUT2D eigenvalue weighted by Gasteiger charge is 2.42. The molecule has 0 saturated carbocycles. The number of alkyl halides is 3. The zero-order valence-corrected chi connectivity index (χ0v) is 19.7. The molecule has 0 spiro atoms. The summed E-state index contributed by atoms with van der Waals surface area (Å²) >= 11 is 1.10. The molecule has 9 heteroatoms. The van der Waals surface area contributed by atoms with Crippen LogP contribution in [0.15, 0.2) is 53.7 Å². The first kappa shape index (κ1) is 23.5. The van der Waals surface area contributed by atoms with Crippen LogP contribution < -0.4 is 4.90 Å². The summed E-state index contributed by atoms with van der Waals surface area (Å²) < 4.78 is 39.4. The number of fused-ring (bicyclic) bond motifs is 1. The molecule has 1 fully saturated rings. The van der Waals surface area contributed by atoms with Crippen LogP contribution in [0.25, 0.3) is 11.3 Å². The van der Waals surface area contributed by atoms with E-state index in [9.17, 15) is 22.8 Å². The lowest BCUT2D eigenvalue weighted by molar-refractivity contribution is -0.137. The van der Waals surface area contributed by atoms with Gasteiger partial charge < -0.3 is 0 Å². The van der Waals surface area contributed by atoms with Crippen molar-refractivity contribution in [2.24, 2.45) is 0 Å². The van der Waals surface area contributed by atoms with E-state index in [4.69, 9.17) is 9.97 Å². The number of amides is 2. The van der Waals surface area contributed by atoms with E-state index in [1.54, 1.807) is 0 Å². The number of nitrogens with zero attached hydrogens (tertiary/aromatic N) is 3. The molecule has 180 valence electrons. The van der Waals surface area contributed by atoms with E-state index in [-0.39, 0.29) is 12.1 Å². The maximum atomic E-state index is 13.1. The van der Waals surface area contributed by atoms with Gasteiger partial charge in [-0.25, -0.2) is 14.9 Å². The molecule has 0 bridgehead atoms. The highest BCUT2D eigenvalue weighted by molar-refractivity contribution is 8.00. The summed E-state index contributed by atoms with van der Waals surface area (Å²) in [7, 11) is 0. The van der Waals surface area contributed by atoms with E-state index >= 15 is 0 Å². The summed E-state index contributed by atoms with van der Waals surface area (Å²) in [6.45, 7) is 2.02. The quantitative estimate of drug-likeness (QED) is 0.338. The van der Waals surface area contributed by atoms with Crippen molar-refractivity contribution in [3.8, 4) is 11.3 Å². The van der Waals surface area contributed by atoms with Crippen molar-refractivity contribution >= 4 is 29.3 Å². The molecule has 1 unspecified atom stereocenters. The van der Waals surface area contributed by atoms with Crippen molar-refractivity contribution in [1.82, 2.24) is 9.97 Å². The number of carbonyl (C=O) groups excluding carboxylic acids is 2. The van der Waals surface area contributed by atoms with E-state index < -0.39 is 28.8 Å². The lowest BCUT2D eigenvalue weighted by Crippen LogP contribution is -2.31. The second kappa shape index (κ2) is 9.11. The monoisotopic (exact) mass is 497 g/mol. The van der Waals surface area contributed by atoms with Gasteiger partial charge in [0.15, 0.2) is 5.16 Å². The van der Waals surface area contributed by atoms with Crippen LogP contribution in [0.1, 0.15) is 41.6 Å². The smallest absolute Gasteiger partial charge is 0.274 e. The van der Waals surface area contributed by atoms with Gasteiger partial charge in [0.2, 0.25) is 11.8 Å². The fourth-order valence-corrected chi connectivity index (χ4v) is 5.59. The van der Waals surface area contributed by atoms with Crippen molar-refractivity contribution in [2.45, 2.75) is 55.6 Å². The van der Waals surface area contributed by atoms with Gasteiger partial charge in [0, 0.05) is 23.2 Å². The van der Waals surface area contributed by atoms with Crippen molar-refractivity contribution in [3.63, 3.8) is 0 Å². The summed E-state index contributed by atoms with van der Waals surface area (Å²) in [6, 6.07) is 12.2. The maximum absolute atomic E-state index is 13.1. The molecule has 2 amide bonds. The number of thioether (sulfide) groups is 1. The molecule has 2 heterocycles. The normalized spacial score (nSPS) is 18.2. The predicted octanol–water partition coefficient (Wildman–Crippen LogP) is 5.77. The van der Waals surface area contributed by atoms with Gasteiger partial charge >= 0.3 is 6.18 Å². The summed E-state index contributed by atoms with van der Waals surface area (Å²) in [4.78, 5) is 36.2. The van der Waals surface area contributed by atoms with Crippen LogP contribution in [0.5, 0.6) is 0 Å². The Labute approximate surface area is 204 Å². The third-order valence-electron chi connectivity index (χ3n) is 6.35. The largest absolute Gasteiger partial charge is 0.416 e. The number of hydrogen-bond acceptors (Lipinski definition) is 5. The average molecular weight is 498 g/mol. The van der Waals surface area contributed by atoms with Gasteiger partial charge in [0.1, 0.15) is 5.25 Å². The number of aromatic nitrogens is 2. The van der Waals surface area contributed by atoms with E-state index in [0.29, 0.717) is 5.16 Å². The number of benzene rings is 2. The van der Waals surface area contributed by atoms with Crippen LogP contribution in [-0.4, -0.2) is 27.0 Å². The van der Waals surface area contributed by atoms with Gasteiger partial charge in [-0.2, -0.15) is 13.2 Å². The Balaban J connectivity index is 1.46. The molecule has 2 aromatic carbocycles. The zero-order valence-electron chi connectivity index (χ0n) is 18.9. The lowest BCUT2D eigenvalue weighted by atomic mass is 9.91. The third-order valence-corrected chi connectivity index (χ3v) is 7.39. The van der Waals surface area contributed by atoms with Crippen LogP contribution in [0.4, 0.5) is 18.9 Å². The van der Waals surface area contributed by atoms with E-state index in [0.717, 1.165) is 82.6 Å². The van der Waals surface area contributed by atoms with Crippen molar-refractivity contribution in [1.29, 1.82) is 0 Å². The molecular weight excluding hydrogens is 475 g/mol. The molecule has 0 N–H and O–H groups in total. The number of carbonyl (C=O) groups is 2. The number of anilines is 1. The predicted molar refractivity (Wildman–Crippen MR) is 127 cm³/mol. The molecular formula is C26H22F3N3O2S. The fourth-order valence-electron chi connectivity index (χ4n) is 4.60. The minimum Gasteiger partial charge on any atom is -0.274 e. The Kier molecular flexibility index (Phi) is 6.13. The average Bonchev–Trinajstić information content (AvgIpc) is 3.11. The Bertz CT molecular complexity index is 1330. The van der Waals surface area contributed by atoms with E-state index in [2.05, 4.69) is 0 Å². The van der Waals surface area contributed by atoms with Crippen LogP contribution in [0, 0.1) is 6.92 Å². The fraction of sp³-hybridized carbons (Fsp3) is 0.308. The lowest BCUT2D eigenvalue weighted by Gasteiger charge is -2.20.